The van der Waals surface area contributed by atoms with Crippen LogP contribution in [0.5, 0.6) is 80.5 Å². The summed E-state index contributed by atoms with van der Waals surface area (Å²) >= 11 is 0. The Morgan fingerprint density at radius 2 is 0.281 bits per heavy atom. The number of esters is 6. The lowest BCUT2D eigenvalue weighted by Crippen LogP contribution is -2.14. The summed E-state index contributed by atoms with van der Waals surface area (Å²) in [6, 6.07) is 112. The van der Waals surface area contributed by atoms with Crippen LogP contribution in [0.15, 0.2) is 388 Å². The van der Waals surface area contributed by atoms with E-state index in [1.807, 2.05) is 243 Å². The van der Waals surface area contributed by atoms with Crippen LogP contribution in [-0.4, -0.2) is 35.8 Å². The molecule has 0 unspecified atom stereocenters. The standard InChI is InChI=1S/C108H80O20/c109-103(87-55-99(125-105(111)83-47-91(115-65-73-25-9-1-10-26-73)59-92(48-83)116-66-74-27-11-2-12-28-74)63-100(56-87)126-106(112)84-49-93(117-67-75-29-13-3-14-30-75)60-94(50-84)118-68-76-31-15-4-16-32-76)123-89-43-41-82-46-90(44-42-81(82)45-89)124-104(110)88-57-101(127-107(113)85-51-95(119-69-77-33-17-5-18-34-77)61-96(52-85)120-70-78-35-19-6-20-36-78)64-102(58-88)128-108(114)86-53-97(121-71-79-37-21-7-22-38-79)62-98(54-86)122-72-80-39-23-8-24-40-80/h1-64H,65-72H2. The molecule has 128 heavy (non-hydrogen) atoms. The van der Waals surface area contributed by atoms with Crippen molar-refractivity contribution in [1.82, 2.24) is 0 Å². The zero-order valence-electron chi connectivity index (χ0n) is 68.8. The maximum absolute atomic E-state index is 14.7. The smallest absolute Gasteiger partial charge is 0.343 e. The van der Waals surface area contributed by atoms with E-state index in [0.717, 1.165) is 44.5 Å². The SMILES string of the molecule is O=C(Oc1cc(OC(=O)c2cc(OCc3ccccc3)cc(OCc3ccccc3)c2)cc(C(=O)Oc2ccc3cc(OC(=O)c4cc(OC(=O)c5cc(OCc6ccccc6)cc(OCc6ccccc6)c5)cc(OC(=O)c5cc(OCc6ccccc6)cc(OCc6ccccc6)c5)c4)ccc3c2)c1)c1cc(OCc2ccccc2)cc(OCc2ccccc2)c1. The van der Waals surface area contributed by atoms with Crippen LogP contribution in [0.1, 0.15) is 107 Å². The van der Waals surface area contributed by atoms with Crippen molar-refractivity contribution in [2.24, 2.45) is 0 Å². The first-order valence-electron chi connectivity index (χ1n) is 40.8. The molecule has 0 fully saturated rings. The minimum atomic E-state index is -0.957. The predicted molar refractivity (Wildman–Crippen MR) is 479 cm³/mol. The lowest BCUT2D eigenvalue weighted by Gasteiger charge is -2.15. The van der Waals surface area contributed by atoms with Crippen molar-refractivity contribution in [2.45, 2.75) is 52.9 Å². The van der Waals surface area contributed by atoms with Gasteiger partial charge in [-0.15, -0.1) is 0 Å². The van der Waals surface area contributed by atoms with E-state index < -0.39 is 35.8 Å². The van der Waals surface area contributed by atoms with E-state index in [-0.39, 0.29) is 121 Å². The minimum Gasteiger partial charge on any atom is -0.489 e. The fourth-order valence-electron chi connectivity index (χ4n) is 13.3. The fourth-order valence-corrected chi connectivity index (χ4v) is 13.3. The summed E-state index contributed by atoms with van der Waals surface area (Å²) in [5, 5.41) is 1.04. The first-order chi connectivity index (χ1) is 62.7. The van der Waals surface area contributed by atoms with Crippen molar-refractivity contribution in [2.75, 3.05) is 0 Å². The van der Waals surface area contributed by atoms with Gasteiger partial charge in [-0.05, 0) is 152 Å². The van der Waals surface area contributed by atoms with Crippen molar-refractivity contribution in [1.29, 1.82) is 0 Å². The number of hydrogen-bond acceptors (Lipinski definition) is 20. The Morgan fingerprint density at radius 1 is 0.141 bits per heavy atom. The second kappa shape index (κ2) is 41.7. The number of benzene rings is 16. The Hall–Kier alpha value is -17.0. The highest BCUT2D eigenvalue weighted by Gasteiger charge is 2.25. The maximum Gasteiger partial charge on any atom is 0.343 e. The van der Waals surface area contributed by atoms with Crippen LogP contribution in [0, 0.1) is 0 Å². The average molecular weight is 1700 g/mol. The Labute approximate surface area is 737 Å². The molecular formula is C108H80O20. The summed E-state index contributed by atoms with van der Waals surface area (Å²) in [4.78, 5) is 88.0. The lowest BCUT2D eigenvalue weighted by atomic mass is 10.1. The van der Waals surface area contributed by atoms with Crippen molar-refractivity contribution in [3.05, 3.63) is 466 Å². The van der Waals surface area contributed by atoms with Gasteiger partial charge < -0.3 is 66.3 Å². The third kappa shape index (κ3) is 24.2. The van der Waals surface area contributed by atoms with Crippen molar-refractivity contribution in [3.63, 3.8) is 0 Å². The second-order valence-corrected chi connectivity index (χ2v) is 29.4. The molecule has 16 aromatic carbocycles. The number of carbonyl (C=O) groups excluding carboxylic acids is 6. The molecule has 0 aliphatic carbocycles. The van der Waals surface area contributed by atoms with Gasteiger partial charge in [0.1, 0.15) is 133 Å². The minimum absolute atomic E-state index is 0.0174. The molecule has 16 aromatic rings. The highest BCUT2D eigenvalue weighted by atomic mass is 16.6. The van der Waals surface area contributed by atoms with Crippen LogP contribution >= 0.6 is 0 Å². The molecule has 0 spiro atoms. The van der Waals surface area contributed by atoms with Crippen LogP contribution in [0.3, 0.4) is 0 Å². The van der Waals surface area contributed by atoms with E-state index in [1.165, 1.54) is 97.1 Å². The van der Waals surface area contributed by atoms with E-state index in [1.54, 1.807) is 48.5 Å². The van der Waals surface area contributed by atoms with Gasteiger partial charge in [0.25, 0.3) is 0 Å². The highest BCUT2D eigenvalue weighted by molar-refractivity contribution is 5.99. The van der Waals surface area contributed by atoms with E-state index >= 15 is 0 Å². The molecule has 0 bridgehead atoms. The van der Waals surface area contributed by atoms with Gasteiger partial charge in [-0.1, -0.05) is 255 Å². The van der Waals surface area contributed by atoms with Gasteiger partial charge in [0.15, 0.2) is 0 Å². The molecule has 20 nitrogen and oxygen atoms in total. The molecule has 0 atom stereocenters. The van der Waals surface area contributed by atoms with Gasteiger partial charge in [0, 0.05) is 36.4 Å². The van der Waals surface area contributed by atoms with Crippen molar-refractivity contribution >= 4 is 46.6 Å². The zero-order valence-corrected chi connectivity index (χ0v) is 68.8. The van der Waals surface area contributed by atoms with Crippen molar-refractivity contribution < 1.29 is 95.1 Å². The largest absolute Gasteiger partial charge is 0.489 e. The van der Waals surface area contributed by atoms with Crippen LogP contribution in [0.2, 0.25) is 0 Å². The van der Waals surface area contributed by atoms with Crippen LogP contribution in [-0.2, 0) is 52.9 Å². The molecule has 16 rings (SSSR count). The third-order valence-electron chi connectivity index (χ3n) is 19.7. The number of rotatable bonds is 36. The third-order valence-corrected chi connectivity index (χ3v) is 19.7. The summed E-state index contributed by atoms with van der Waals surface area (Å²) < 4.78 is 86.3. The van der Waals surface area contributed by atoms with E-state index in [4.69, 9.17) is 66.3 Å². The second-order valence-electron chi connectivity index (χ2n) is 29.4. The Balaban J connectivity index is 0.676. The molecule has 632 valence electrons. The van der Waals surface area contributed by atoms with E-state index in [0.29, 0.717) is 56.8 Å². The number of hydrogen-bond donors (Lipinski definition) is 0. The molecular weight excluding hydrogens is 1620 g/mol. The lowest BCUT2D eigenvalue weighted by molar-refractivity contribution is 0.0702. The van der Waals surface area contributed by atoms with Gasteiger partial charge in [0.2, 0.25) is 0 Å². The topological polar surface area (TPSA) is 232 Å². The van der Waals surface area contributed by atoms with Gasteiger partial charge in [-0.2, -0.15) is 0 Å². The monoisotopic (exact) mass is 1700 g/mol. The first kappa shape index (κ1) is 84.6. The highest BCUT2D eigenvalue weighted by Crippen LogP contribution is 2.36. The van der Waals surface area contributed by atoms with Gasteiger partial charge in [0.05, 0.1) is 33.4 Å². The van der Waals surface area contributed by atoms with Crippen LogP contribution in [0.4, 0.5) is 0 Å². The molecule has 20 heteroatoms. The van der Waals surface area contributed by atoms with Gasteiger partial charge in [-0.25, -0.2) is 28.8 Å². The first-order valence-corrected chi connectivity index (χ1v) is 40.8. The van der Waals surface area contributed by atoms with E-state index in [2.05, 4.69) is 0 Å². The molecule has 0 saturated heterocycles. The van der Waals surface area contributed by atoms with Gasteiger partial charge in [-0.3, -0.25) is 0 Å². The van der Waals surface area contributed by atoms with E-state index in [9.17, 15) is 28.8 Å². The summed E-state index contributed by atoms with van der Waals surface area (Å²) in [7, 11) is 0. The number of fused-ring (bicyclic) bond motifs is 1. The quantitative estimate of drug-likeness (QED) is 0.0262. The Kier molecular flexibility index (Phi) is 27.6. The maximum atomic E-state index is 14.7. The molecule has 0 heterocycles. The molecule has 0 saturated carbocycles. The molecule has 0 aliphatic rings. The molecule has 0 radical (unpaired) electrons. The predicted octanol–water partition coefficient (Wildman–Crippen LogP) is 22.8. The molecule has 0 amide bonds. The fraction of sp³-hybridized carbons (Fsp3) is 0.0741. The molecule has 0 N–H and O–H groups in total. The van der Waals surface area contributed by atoms with Crippen molar-refractivity contribution in [3.8, 4) is 80.5 Å². The summed E-state index contributed by atoms with van der Waals surface area (Å²) in [5.41, 5.74) is 6.64. The van der Waals surface area contributed by atoms with Crippen LogP contribution in [0.25, 0.3) is 10.8 Å². The summed E-state index contributed by atoms with van der Waals surface area (Å²) in [6.07, 6.45) is 0. The molecule has 0 aliphatic heterocycles. The number of ether oxygens (including phenoxy) is 14. The molecule has 0 aromatic heterocycles. The average Bonchev–Trinajstić information content (AvgIpc) is 0.807. The normalized spacial score (nSPS) is 10.8. The zero-order chi connectivity index (χ0) is 87.6. The van der Waals surface area contributed by atoms with Crippen LogP contribution < -0.4 is 66.3 Å². The summed E-state index contributed by atoms with van der Waals surface area (Å²) in [6.45, 7) is 1.30. The summed E-state index contributed by atoms with van der Waals surface area (Å²) in [5.74, 6) is -3.89. The Morgan fingerprint density at radius 3 is 0.445 bits per heavy atom. The van der Waals surface area contributed by atoms with Gasteiger partial charge >= 0.3 is 35.8 Å². The number of carbonyl (C=O) groups is 6. The Bertz CT molecular complexity index is 5580.